The van der Waals surface area contributed by atoms with Crippen molar-refractivity contribution in [2.24, 2.45) is 4.99 Å². The number of aliphatic hydroxyl groups is 2. The topological polar surface area (TPSA) is 77.3 Å². The van der Waals surface area contributed by atoms with Crippen LogP contribution in [-0.2, 0) is 4.74 Å². The van der Waals surface area contributed by atoms with Gasteiger partial charge in [0.1, 0.15) is 17.8 Å². The molecule has 2 rings (SSSR count). The van der Waals surface area contributed by atoms with Gasteiger partial charge in [0.05, 0.1) is 12.1 Å². The third kappa shape index (κ3) is 3.13. The fourth-order valence-electron chi connectivity index (χ4n) is 2.26. The maximum absolute atomic E-state index is 14.1. The summed E-state index contributed by atoms with van der Waals surface area (Å²) in [7, 11) is 0. The van der Waals surface area contributed by atoms with Gasteiger partial charge in [-0.1, -0.05) is 6.58 Å². The summed E-state index contributed by atoms with van der Waals surface area (Å²) >= 11 is 0. The number of hydrogen-bond acceptors (Lipinski definition) is 5. The van der Waals surface area contributed by atoms with Crippen molar-refractivity contribution in [1.29, 1.82) is 0 Å². The fourth-order valence-corrected chi connectivity index (χ4v) is 2.26. The number of hydrogen-bond donors (Lipinski definition) is 3. The Labute approximate surface area is 127 Å². The molecule has 1 unspecified atom stereocenters. The Kier molecular flexibility index (Phi) is 4.29. The Morgan fingerprint density at radius 1 is 1.50 bits per heavy atom. The number of amidine groups is 1. The van der Waals surface area contributed by atoms with Crippen LogP contribution < -0.4 is 5.32 Å². The second kappa shape index (κ2) is 5.60. The van der Waals surface area contributed by atoms with E-state index in [0.29, 0.717) is 5.84 Å². The lowest BCUT2D eigenvalue weighted by Crippen LogP contribution is -2.50. The highest BCUT2D eigenvalue weighted by Gasteiger charge is 2.60. The Balaban J connectivity index is 2.23. The van der Waals surface area contributed by atoms with E-state index in [4.69, 9.17) is 9.84 Å². The van der Waals surface area contributed by atoms with E-state index in [9.17, 15) is 13.9 Å². The molecule has 0 amide bonds. The number of alkyl halides is 2. The minimum absolute atomic E-state index is 0.154. The van der Waals surface area contributed by atoms with E-state index in [1.165, 1.54) is 12.3 Å². The third-order valence-corrected chi connectivity index (χ3v) is 3.24. The van der Waals surface area contributed by atoms with Gasteiger partial charge in [-0.2, -0.15) is 8.78 Å². The highest BCUT2D eigenvalue weighted by atomic mass is 19.3. The van der Waals surface area contributed by atoms with Crippen molar-refractivity contribution in [3.63, 3.8) is 0 Å². The summed E-state index contributed by atoms with van der Waals surface area (Å²) in [5.41, 5.74) is -0.332. The van der Waals surface area contributed by atoms with E-state index >= 15 is 0 Å². The van der Waals surface area contributed by atoms with Crippen LogP contribution in [0.5, 0.6) is 0 Å². The SMILES string of the molecule is C=C1NC(=NC(C)(C)C)C=CN1[C@@H]1O[C@H](CO)C(O)C1(F)F. The molecule has 0 radical (unpaired) electrons. The van der Waals surface area contributed by atoms with Crippen LogP contribution in [0.4, 0.5) is 8.78 Å². The zero-order chi connectivity index (χ0) is 16.7. The molecule has 0 aromatic rings. The minimum Gasteiger partial charge on any atom is -0.394 e. The molecule has 3 N–H and O–H groups in total. The van der Waals surface area contributed by atoms with Crippen LogP contribution in [0.25, 0.3) is 0 Å². The molecule has 0 bridgehead atoms. The Bertz CT molecular complexity index is 514. The van der Waals surface area contributed by atoms with Gasteiger partial charge in [0.2, 0.25) is 6.23 Å². The molecule has 8 heteroatoms. The second-order valence-corrected chi connectivity index (χ2v) is 6.29. The first-order valence-corrected chi connectivity index (χ1v) is 6.91. The van der Waals surface area contributed by atoms with Crippen molar-refractivity contribution >= 4 is 5.84 Å². The van der Waals surface area contributed by atoms with E-state index in [1.54, 1.807) is 0 Å². The zero-order valence-corrected chi connectivity index (χ0v) is 12.8. The summed E-state index contributed by atoms with van der Waals surface area (Å²) in [5.74, 6) is -2.89. The lowest BCUT2D eigenvalue weighted by molar-refractivity contribution is -0.149. The van der Waals surface area contributed by atoms with Gasteiger partial charge in [0.25, 0.3) is 0 Å². The minimum atomic E-state index is -3.54. The number of ether oxygens (including phenoxy) is 1. The lowest BCUT2D eigenvalue weighted by atomic mass is 10.1. The second-order valence-electron chi connectivity index (χ2n) is 6.29. The van der Waals surface area contributed by atoms with Gasteiger partial charge in [0, 0.05) is 6.20 Å². The molecule has 0 aromatic heterocycles. The smallest absolute Gasteiger partial charge is 0.320 e. The molecule has 1 fully saturated rings. The van der Waals surface area contributed by atoms with E-state index in [0.717, 1.165) is 4.90 Å². The molecule has 22 heavy (non-hydrogen) atoms. The predicted octanol–water partition coefficient (Wildman–Crippen LogP) is 0.787. The maximum atomic E-state index is 14.1. The number of nitrogens with one attached hydrogen (secondary N) is 1. The van der Waals surface area contributed by atoms with Gasteiger partial charge >= 0.3 is 5.92 Å². The summed E-state index contributed by atoms with van der Waals surface area (Å²) < 4.78 is 33.3. The van der Waals surface area contributed by atoms with Crippen molar-refractivity contribution in [2.45, 2.75) is 50.7 Å². The van der Waals surface area contributed by atoms with Crippen LogP contribution in [0.3, 0.4) is 0 Å². The molecule has 1 saturated heterocycles. The van der Waals surface area contributed by atoms with Gasteiger partial charge in [-0.05, 0) is 26.8 Å². The van der Waals surface area contributed by atoms with E-state index < -0.39 is 31.0 Å². The van der Waals surface area contributed by atoms with Crippen molar-refractivity contribution < 1.29 is 23.7 Å². The van der Waals surface area contributed by atoms with Crippen LogP contribution in [0.15, 0.2) is 29.7 Å². The highest BCUT2D eigenvalue weighted by molar-refractivity contribution is 5.95. The number of rotatable bonds is 2. The van der Waals surface area contributed by atoms with Gasteiger partial charge in [-0.25, -0.2) is 0 Å². The van der Waals surface area contributed by atoms with E-state index in [1.807, 2.05) is 20.8 Å². The van der Waals surface area contributed by atoms with Crippen LogP contribution in [-0.4, -0.2) is 57.5 Å². The van der Waals surface area contributed by atoms with Crippen molar-refractivity contribution in [3.05, 3.63) is 24.7 Å². The van der Waals surface area contributed by atoms with E-state index in [-0.39, 0.29) is 11.4 Å². The lowest BCUT2D eigenvalue weighted by Gasteiger charge is -2.35. The van der Waals surface area contributed by atoms with Crippen LogP contribution in [0.1, 0.15) is 20.8 Å². The summed E-state index contributed by atoms with van der Waals surface area (Å²) in [5, 5.41) is 21.4. The van der Waals surface area contributed by atoms with E-state index in [2.05, 4.69) is 16.9 Å². The molecule has 6 nitrogen and oxygen atoms in total. The molecule has 0 saturated carbocycles. The Hall–Kier alpha value is -1.51. The quantitative estimate of drug-likeness (QED) is 0.702. The predicted molar refractivity (Wildman–Crippen MR) is 77.1 cm³/mol. The molecular weight excluding hydrogens is 296 g/mol. The molecule has 0 spiro atoms. The third-order valence-electron chi connectivity index (χ3n) is 3.24. The maximum Gasteiger partial charge on any atom is 0.320 e. The molecular formula is C14H21F2N3O3. The van der Waals surface area contributed by atoms with Gasteiger partial charge in [-0.3, -0.25) is 4.99 Å². The van der Waals surface area contributed by atoms with Crippen LogP contribution in [0.2, 0.25) is 0 Å². The number of halogens is 2. The first kappa shape index (κ1) is 16.9. The molecule has 0 aliphatic carbocycles. The van der Waals surface area contributed by atoms with Gasteiger partial charge < -0.3 is 25.2 Å². The molecule has 3 atom stereocenters. The van der Waals surface area contributed by atoms with Crippen molar-refractivity contribution in [3.8, 4) is 0 Å². The summed E-state index contributed by atoms with van der Waals surface area (Å²) in [4.78, 5) is 5.46. The normalized spacial score (nSPS) is 33.4. The van der Waals surface area contributed by atoms with Crippen LogP contribution >= 0.6 is 0 Å². The van der Waals surface area contributed by atoms with Gasteiger partial charge in [0.15, 0.2) is 6.10 Å². The first-order valence-electron chi connectivity index (χ1n) is 6.91. The van der Waals surface area contributed by atoms with Crippen molar-refractivity contribution in [2.75, 3.05) is 6.61 Å². The average molecular weight is 317 g/mol. The fraction of sp³-hybridized carbons (Fsp3) is 0.643. The monoisotopic (exact) mass is 317 g/mol. The van der Waals surface area contributed by atoms with Gasteiger partial charge in [-0.15, -0.1) is 0 Å². The molecule has 0 aromatic carbocycles. The Morgan fingerprint density at radius 2 is 2.14 bits per heavy atom. The summed E-state index contributed by atoms with van der Waals surface area (Å²) in [6, 6.07) is 0. The summed E-state index contributed by atoms with van der Waals surface area (Å²) in [6.45, 7) is 8.71. The largest absolute Gasteiger partial charge is 0.394 e. The number of aliphatic imine (C=N–C) groups is 1. The Morgan fingerprint density at radius 3 is 2.59 bits per heavy atom. The zero-order valence-electron chi connectivity index (χ0n) is 12.8. The highest BCUT2D eigenvalue weighted by Crippen LogP contribution is 2.39. The number of nitrogens with zero attached hydrogens (tertiary/aromatic N) is 2. The summed E-state index contributed by atoms with van der Waals surface area (Å²) in [6.07, 6.45) is -2.27. The first-order chi connectivity index (χ1) is 10.1. The van der Waals surface area contributed by atoms with Crippen LogP contribution in [0, 0.1) is 0 Å². The molecule has 2 aliphatic rings. The standard InChI is InChI=1S/C14H21F2N3O3/c1-8-17-10(18-13(2,3)4)5-6-19(8)12-14(15,16)11(21)9(7-20)22-12/h5-6,9,11-12,20-21H,1,7H2,2-4H3,(H,17,18)/t9-,11?,12-/m1/s1. The molecule has 2 heterocycles. The number of aliphatic hydroxyl groups excluding tert-OH is 2. The molecule has 124 valence electrons. The average Bonchev–Trinajstić information content (AvgIpc) is 2.60. The van der Waals surface area contributed by atoms with Crippen molar-refractivity contribution in [1.82, 2.24) is 10.2 Å². The molecule has 2 aliphatic heterocycles.